The minimum absolute atomic E-state index is 1.35. The van der Waals surface area contributed by atoms with E-state index in [1.165, 1.54) is 37.8 Å². The fourth-order valence-electron chi connectivity index (χ4n) is 7.60. The molecule has 0 atom stereocenters. The average molecular weight is 593 g/mol. The van der Waals surface area contributed by atoms with Gasteiger partial charge in [-0.1, -0.05) is 210 Å². The molecule has 0 N–H and O–H groups in total. The van der Waals surface area contributed by atoms with Crippen molar-refractivity contribution in [1.82, 2.24) is 0 Å². The van der Waals surface area contributed by atoms with Crippen LogP contribution in [0.1, 0.15) is 11.1 Å². The van der Waals surface area contributed by atoms with Crippen molar-refractivity contribution in [2.24, 2.45) is 0 Å². The zero-order chi connectivity index (χ0) is 29.4. The van der Waals surface area contributed by atoms with E-state index in [9.17, 15) is 0 Å². The summed E-state index contributed by atoms with van der Waals surface area (Å²) < 4.78 is 0. The summed E-state index contributed by atoms with van der Waals surface area (Å²) in [7, 11) is -6.84. The predicted octanol–water partition coefficient (Wildman–Crippen LogP) is 8.28. The van der Waals surface area contributed by atoms with Crippen molar-refractivity contribution in [1.29, 1.82) is 0 Å². The minimum atomic E-state index is -2.47. The smallest absolute Gasteiger partial charge is 0.0696 e. The van der Waals surface area contributed by atoms with Crippen LogP contribution in [0.15, 0.2) is 161 Å². The standard InChI is InChI=1S/C39H40Si3/c1-40(2,33-25-15-8-16-26-33)38-36(31-21-11-6-12-22-31)37(32-23-13-7-14-24-32)39(41(3,4)34-27-17-9-18-28-34)42(38,5)35-29-19-10-20-30-35/h6-30H,1-5H3. The lowest BCUT2D eigenvalue weighted by molar-refractivity contribution is 1.58. The molecule has 0 bridgehead atoms. The Balaban J connectivity index is 1.83. The van der Waals surface area contributed by atoms with Gasteiger partial charge in [-0.05, 0) is 22.3 Å². The molecule has 1 aliphatic heterocycles. The van der Waals surface area contributed by atoms with Crippen LogP contribution in [0.3, 0.4) is 0 Å². The molecule has 0 amide bonds. The SMILES string of the molecule is C[Si](C)(C1=C(c2ccccc2)C(c2ccccc2)=C([Si](C)(C)c2ccccc2)[Si]1(C)c1ccccc1)c1ccccc1. The summed E-state index contributed by atoms with van der Waals surface area (Å²) >= 11 is 0. The first-order chi connectivity index (χ1) is 20.3. The highest BCUT2D eigenvalue weighted by Gasteiger charge is 2.56. The normalized spacial score (nSPS) is 15.3. The van der Waals surface area contributed by atoms with Crippen molar-refractivity contribution in [2.75, 3.05) is 0 Å². The van der Waals surface area contributed by atoms with Gasteiger partial charge < -0.3 is 0 Å². The molecule has 0 nitrogen and oxygen atoms in total. The molecule has 42 heavy (non-hydrogen) atoms. The summed E-state index contributed by atoms with van der Waals surface area (Å²) in [6, 6.07) is 57.0. The van der Waals surface area contributed by atoms with Crippen LogP contribution in [-0.2, 0) is 0 Å². The molecule has 0 fully saturated rings. The van der Waals surface area contributed by atoms with Crippen LogP contribution in [0, 0.1) is 0 Å². The molecule has 0 radical (unpaired) electrons. The molecule has 0 spiro atoms. The largest absolute Gasteiger partial charge is 0.131 e. The van der Waals surface area contributed by atoms with Gasteiger partial charge in [-0.2, -0.15) is 0 Å². The Labute approximate surface area is 255 Å². The highest BCUT2D eigenvalue weighted by Crippen LogP contribution is 2.53. The molecule has 5 aromatic carbocycles. The topological polar surface area (TPSA) is 0 Å². The Morgan fingerprint density at radius 3 is 1.00 bits per heavy atom. The van der Waals surface area contributed by atoms with Gasteiger partial charge in [0.1, 0.15) is 24.2 Å². The Morgan fingerprint density at radius 2 is 0.667 bits per heavy atom. The van der Waals surface area contributed by atoms with Gasteiger partial charge in [-0.25, -0.2) is 0 Å². The van der Waals surface area contributed by atoms with Gasteiger partial charge >= 0.3 is 0 Å². The van der Waals surface area contributed by atoms with E-state index in [0.717, 1.165) is 0 Å². The van der Waals surface area contributed by atoms with Gasteiger partial charge in [-0.15, -0.1) is 0 Å². The van der Waals surface area contributed by atoms with Crippen LogP contribution in [0.4, 0.5) is 0 Å². The molecule has 0 saturated heterocycles. The van der Waals surface area contributed by atoms with Gasteiger partial charge in [-0.3, -0.25) is 0 Å². The fraction of sp³-hybridized carbons (Fsp3) is 0.128. The third-order valence-corrected chi connectivity index (χ3v) is 26.8. The molecule has 208 valence electrons. The Kier molecular flexibility index (Phi) is 7.52. The van der Waals surface area contributed by atoms with Crippen molar-refractivity contribution in [2.45, 2.75) is 32.7 Å². The van der Waals surface area contributed by atoms with E-state index in [1.54, 1.807) is 9.64 Å². The van der Waals surface area contributed by atoms with Crippen LogP contribution in [0.2, 0.25) is 32.7 Å². The van der Waals surface area contributed by atoms with Gasteiger partial charge in [0.15, 0.2) is 0 Å². The Morgan fingerprint density at radius 1 is 0.381 bits per heavy atom. The van der Waals surface area contributed by atoms with Crippen LogP contribution in [-0.4, -0.2) is 24.2 Å². The molecule has 0 aromatic heterocycles. The minimum Gasteiger partial charge on any atom is -0.0696 e. The summed E-state index contributed by atoms with van der Waals surface area (Å²) in [5, 5.41) is 4.55. The van der Waals surface area contributed by atoms with E-state index in [-0.39, 0.29) is 0 Å². The first-order valence-corrected chi connectivity index (χ1v) is 23.6. The Bertz CT molecular complexity index is 1620. The summed E-state index contributed by atoms with van der Waals surface area (Å²) in [5.41, 5.74) is 5.72. The predicted molar refractivity (Wildman–Crippen MR) is 192 cm³/mol. The van der Waals surface area contributed by atoms with Crippen molar-refractivity contribution >= 4 is 50.9 Å². The van der Waals surface area contributed by atoms with E-state index >= 15 is 0 Å². The molecular weight excluding hydrogens is 553 g/mol. The second-order valence-corrected chi connectivity index (χ2v) is 26.2. The van der Waals surface area contributed by atoms with Crippen molar-refractivity contribution in [3.05, 3.63) is 172 Å². The number of benzene rings is 5. The first kappa shape index (κ1) is 28.4. The molecule has 0 saturated carbocycles. The highest BCUT2D eigenvalue weighted by atomic mass is 28.4. The maximum Gasteiger partial charge on any atom is 0.131 e. The lowest BCUT2D eigenvalue weighted by Gasteiger charge is -2.43. The monoisotopic (exact) mass is 592 g/mol. The number of allylic oxidation sites excluding steroid dienone is 2. The van der Waals surface area contributed by atoms with Crippen molar-refractivity contribution in [3.8, 4) is 0 Å². The molecule has 1 aliphatic rings. The Hall–Kier alpha value is -3.77. The van der Waals surface area contributed by atoms with Gasteiger partial charge in [0, 0.05) is 0 Å². The molecule has 0 unspecified atom stereocenters. The molecule has 0 aliphatic carbocycles. The van der Waals surface area contributed by atoms with Crippen molar-refractivity contribution < 1.29 is 0 Å². The third-order valence-electron chi connectivity index (χ3n) is 9.47. The molecule has 1 heterocycles. The van der Waals surface area contributed by atoms with Gasteiger partial charge in [0.05, 0.1) is 0 Å². The second kappa shape index (κ2) is 11.1. The zero-order valence-corrected chi connectivity index (χ0v) is 28.4. The van der Waals surface area contributed by atoms with Crippen LogP contribution < -0.4 is 15.6 Å². The maximum atomic E-state index is 2.70. The quantitative estimate of drug-likeness (QED) is 0.167. The zero-order valence-electron chi connectivity index (χ0n) is 25.4. The van der Waals surface area contributed by atoms with E-state index in [1.807, 2.05) is 0 Å². The number of rotatable bonds is 7. The van der Waals surface area contributed by atoms with E-state index in [2.05, 4.69) is 184 Å². The van der Waals surface area contributed by atoms with E-state index in [0.29, 0.717) is 0 Å². The summed E-state index contributed by atoms with van der Waals surface area (Å²) in [4.78, 5) is 3.51. The average Bonchev–Trinajstić information content (AvgIpc) is 3.35. The number of hydrogen-bond donors (Lipinski definition) is 0. The lowest BCUT2D eigenvalue weighted by Crippen LogP contribution is -2.64. The molecular formula is C39H40Si3. The molecule has 3 heteroatoms. The lowest BCUT2D eigenvalue weighted by atomic mass is 9.95. The second-order valence-electron chi connectivity index (χ2n) is 12.7. The summed E-state index contributed by atoms with van der Waals surface area (Å²) in [6.07, 6.45) is 0. The van der Waals surface area contributed by atoms with Crippen LogP contribution >= 0.6 is 0 Å². The molecule has 5 aromatic rings. The summed E-state index contributed by atoms with van der Waals surface area (Å²) in [6.45, 7) is 13.1. The fourth-order valence-corrected chi connectivity index (χ4v) is 28.1. The van der Waals surface area contributed by atoms with Gasteiger partial charge in [0.25, 0.3) is 0 Å². The number of hydrogen-bond acceptors (Lipinski definition) is 0. The van der Waals surface area contributed by atoms with Crippen LogP contribution in [0.25, 0.3) is 11.1 Å². The van der Waals surface area contributed by atoms with E-state index in [4.69, 9.17) is 0 Å². The first-order valence-electron chi connectivity index (χ1n) is 15.1. The van der Waals surface area contributed by atoms with Crippen molar-refractivity contribution in [3.63, 3.8) is 0 Å². The molecule has 6 rings (SSSR count). The van der Waals surface area contributed by atoms with Crippen LogP contribution in [0.5, 0.6) is 0 Å². The highest BCUT2D eigenvalue weighted by molar-refractivity contribution is 7.28. The summed E-state index contributed by atoms with van der Waals surface area (Å²) in [5.74, 6) is 0. The van der Waals surface area contributed by atoms with E-state index < -0.39 is 24.2 Å². The maximum absolute atomic E-state index is 2.70. The third kappa shape index (κ3) is 4.66. The van der Waals surface area contributed by atoms with Gasteiger partial charge in [0.2, 0.25) is 0 Å².